The van der Waals surface area contributed by atoms with Gasteiger partial charge in [0, 0.05) is 18.6 Å². The third-order valence-electron chi connectivity index (χ3n) is 4.75. The number of benzene rings is 1. The van der Waals surface area contributed by atoms with Crippen LogP contribution in [0.5, 0.6) is 0 Å². The maximum Gasteiger partial charge on any atom is 0.243 e. The quantitative estimate of drug-likeness (QED) is 0.927. The molecule has 21 heavy (non-hydrogen) atoms. The van der Waals surface area contributed by atoms with Crippen LogP contribution in [0.15, 0.2) is 29.2 Å². The first-order chi connectivity index (χ1) is 10.1. The average Bonchev–Trinajstić information content (AvgIpc) is 3.17. The lowest BCUT2D eigenvalue weighted by Crippen LogP contribution is -2.46. The number of nitrogens with one attached hydrogen (secondary N) is 1. The van der Waals surface area contributed by atoms with E-state index in [1.54, 1.807) is 16.4 Å². The Bertz CT molecular complexity index is 577. The third-order valence-corrected chi connectivity index (χ3v) is 6.69. The first kappa shape index (κ1) is 15.0. The van der Waals surface area contributed by atoms with Gasteiger partial charge >= 0.3 is 0 Å². The lowest BCUT2D eigenvalue weighted by Gasteiger charge is -2.28. The van der Waals surface area contributed by atoms with Gasteiger partial charge in [0.15, 0.2) is 0 Å². The predicted molar refractivity (Wildman–Crippen MR) is 83.8 cm³/mol. The second kappa shape index (κ2) is 6.07. The molecule has 2 aliphatic heterocycles. The molecule has 0 radical (unpaired) electrons. The molecule has 0 aromatic heterocycles. The van der Waals surface area contributed by atoms with Crippen molar-refractivity contribution >= 4 is 10.0 Å². The number of aryl methyl sites for hydroxylation is 1. The van der Waals surface area contributed by atoms with Crippen LogP contribution in [0, 0.1) is 0 Å². The molecule has 1 N–H and O–H groups in total. The molecule has 0 amide bonds. The van der Waals surface area contributed by atoms with Gasteiger partial charge in [-0.1, -0.05) is 19.1 Å². The number of hydrogen-bond donors (Lipinski definition) is 1. The Balaban J connectivity index is 1.85. The van der Waals surface area contributed by atoms with E-state index in [1.807, 2.05) is 12.1 Å². The van der Waals surface area contributed by atoms with Gasteiger partial charge in [0.05, 0.1) is 4.90 Å². The first-order valence-corrected chi connectivity index (χ1v) is 9.41. The molecule has 2 heterocycles. The number of sulfonamides is 1. The standard InChI is InChI=1S/C16H24N2O2S/c1-2-13-7-9-14(10-8-13)21(19,20)18-12-4-6-16(18)15-5-3-11-17-15/h7-10,15-17H,2-6,11-12H2,1H3. The fourth-order valence-electron chi connectivity index (χ4n) is 3.54. The molecule has 2 unspecified atom stereocenters. The third kappa shape index (κ3) is 2.87. The first-order valence-electron chi connectivity index (χ1n) is 7.97. The minimum absolute atomic E-state index is 0.128. The second-order valence-electron chi connectivity index (χ2n) is 6.03. The maximum atomic E-state index is 12.9. The molecular weight excluding hydrogens is 284 g/mol. The van der Waals surface area contributed by atoms with Crippen LogP contribution in [0.2, 0.25) is 0 Å². The van der Waals surface area contributed by atoms with E-state index in [1.165, 1.54) is 5.56 Å². The lowest BCUT2D eigenvalue weighted by atomic mass is 10.1. The van der Waals surface area contributed by atoms with Crippen LogP contribution in [-0.4, -0.2) is 37.9 Å². The summed E-state index contributed by atoms with van der Waals surface area (Å²) in [5.74, 6) is 0. The van der Waals surface area contributed by atoms with Crippen molar-refractivity contribution in [2.45, 2.75) is 56.0 Å². The van der Waals surface area contributed by atoms with E-state index in [9.17, 15) is 8.42 Å². The number of nitrogens with zero attached hydrogens (tertiary/aromatic N) is 1. The van der Waals surface area contributed by atoms with Gasteiger partial charge in [-0.25, -0.2) is 8.42 Å². The van der Waals surface area contributed by atoms with Gasteiger partial charge in [-0.15, -0.1) is 0 Å². The van der Waals surface area contributed by atoms with E-state index in [-0.39, 0.29) is 6.04 Å². The zero-order chi connectivity index (χ0) is 14.9. The molecule has 0 aliphatic carbocycles. The summed E-state index contributed by atoms with van der Waals surface area (Å²) in [4.78, 5) is 0.435. The molecular formula is C16H24N2O2S. The Morgan fingerprint density at radius 2 is 1.95 bits per heavy atom. The van der Waals surface area contributed by atoms with Crippen molar-refractivity contribution in [3.05, 3.63) is 29.8 Å². The van der Waals surface area contributed by atoms with Crippen LogP contribution in [-0.2, 0) is 16.4 Å². The van der Waals surface area contributed by atoms with Gasteiger partial charge in [0.2, 0.25) is 10.0 Å². The zero-order valence-electron chi connectivity index (χ0n) is 12.6. The van der Waals surface area contributed by atoms with E-state index in [2.05, 4.69) is 12.2 Å². The Labute approximate surface area is 127 Å². The van der Waals surface area contributed by atoms with Crippen LogP contribution in [0.1, 0.15) is 38.2 Å². The van der Waals surface area contributed by atoms with Gasteiger partial charge < -0.3 is 5.32 Å². The minimum Gasteiger partial charge on any atom is -0.312 e. The van der Waals surface area contributed by atoms with Gasteiger partial charge in [0.1, 0.15) is 0 Å². The molecule has 2 saturated heterocycles. The summed E-state index contributed by atoms with van der Waals surface area (Å²) in [5.41, 5.74) is 1.17. The summed E-state index contributed by atoms with van der Waals surface area (Å²) in [6.45, 7) is 3.74. The fourth-order valence-corrected chi connectivity index (χ4v) is 5.27. The van der Waals surface area contributed by atoms with Crippen molar-refractivity contribution in [2.75, 3.05) is 13.1 Å². The van der Waals surface area contributed by atoms with Crippen LogP contribution in [0.25, 0.3) is 0 Å². The predicted octanol–water partition coefficient (Wildman–Crippen LogP) is 2.15. The van der Waals surface area contributed by atoms with Crippen molar-refractivity contribution in [3.63, 3.8) is 0 Å². The summed E-state index contributed by atoms with van der Waals surface area (Å²) < 4.78 is 27.5. The minimum atomic E-state index is -3.36. The number of hydrogen-bond acceptors (Lipinski definition) is 3. The molecule has 4 nitrogen and oxygen atoms in total. The van der Waals surface area contributed by atoms with Crippen LogP contribution < -0.4 is 5.32 Å². The Hall–Kier alpha value is -0.910. The van der Waals surface area contributed by atoms with E-state index in [0.29, 0.717) is 17.5 Å². The summed E-state index contributed by atoms with van der Waals surface area (Å²) in [5, 5.41) is 3.46. The van der Waals surface area contributed by atoms with Gasteiger partial charge in [0.25, 0.3) is 0 Å². The fraction of sp³-hybridized carbons (Fsp3) is 0.625. The normalized spacial score (nSPS) is 27.3. The maximum absolute atomic E-state index is 12.9. The smallest absolute Gasteiger partial charge is 0.243 e. The Morgan fingerprint density at radius 1 is 1.19 bits per heavy atom. The highest BCUT2D eigenvalue weighted by molar-refractivity contribution is 7.89. The highest BCUT2D eigenvalue weighted by Gasteiger charge is 2.40. The highest BCUT2D eigenvalue weighted by atomic mass is 32.2. The molecule has 5 heteroatoms. The lowest BCUT2D eigenvalue weighted by molar-refractivity contribution is 0.322. The molecule has 2 atom stereocenters. The molecule has 116 valence electrons. The van der Waals surface area contributed by atoms with Gasteiger partial charge in [-0.05, 0) is 56.3 Å². The monoisotopic (exact) mass is 308 g/mol. The molecule has 1 aromatic rings. The molecule has 2 fully saturated rings. The second-order valence-corrected chi connectivity index (χ2v) is 7.92. The Morgan fingerprint density at radius 3 is 2.57 bits per heavy atom. The van der Waals surface area contributed by atoms with Crippen LogP contribution in [0.4, 0.5) is 0 Å². The summed E-state index contributed by atoms with van der Waals surface area (Å²) in [7, 11) is -3.36. The molecule has 0 bridgehead atoms. The van der Waals surface area contributed by atoms with E-state index < -0.39 is 10.0 Å². The summed E-state index contributed by atoms with van der Waals surface area (Å²) >= 11 is 0. The van der Waals surface area contributed by atoms with Crippen molar-refractivity contribution in [2.24, 2.45) is 0 Å². The summed E-state index contributed by atoms with van der Waals surface area (Å²) in [6.07, 6.45) is 5.11. The van der Waals surface area contributed by atoms with E-state index in [4.69, 9.17) is 0 Å². The topological polar surface area (TPSA) is 49.4 Å². The Kier molecular flexibility index (Phi) is 4.33. The van der Waals surface area contributed by atoms with Crippen molar-refractivity contribution in [1.82, 2.24) is 9.62 Å². The van der Waals surface area contributed by atoms with Crippen LogP contribution >= 0.6 is 0 Å². The molecule has 0 spiro atoms. The van der Waals surface area contributed by atoms with E-state index >= 15 is 0 Å². The summed E-state index contributed by atoms with van der Waals surface area (Å²) in [6, 6.07) is 7.81. The molecule has 1 aromatic carbocycles. The number of rotatable bonds is 4. The average molecular weight is 308 g/mol. The van der Waals surface area contributed by atoms with Crippen LogP contribution in [0.3, 0.4) is 0 Å². The van der Waals surface area contributed by atoms with Crippen molar-refractivity contribution in [1.29, 1.82) is 0 Å². The van der Waals surface area contributed by atoms with Crippen molar-refractivity contribution in [3.8, 4) is 0 Å². The SMILES string of the molecule is CCc1ccc(S(=O)(=O)N2CCCC2C2CCCN2)cc1. The zero-order valence-corrected chi connectivity index (χ0v) is 13.4. The highest BCUT2D eigenvalue weighted by Crippen LogP contribution is 2.30. The molecule has 0 saturated carbocycles. The van der Waals surface area contributed by atoms with Gasteiger partial charge in [-0.3, -0.25) is 0 Å². The van der Waals surface area contributed by atoms with Gasteiger partial charge in [-0.2, -0.15) is 4.31 Å². The largest absolute Gasteiger partial charge is 0.312 e. The molecule has 2 aliphatic rings. The molecule has 3 rings (SSSR count). The van der Waals surface area contributed by atoms with Crippen molar-refractivity contribution < 1.29 is 8.42 Å². The van der Waals surface area contributed by atoms with E-state index in [0.717, 1.165) is 38.6 Å².